The van der Waals surface area contributed by atoms with Gasteiger partial charge in [0.15, 0.2) is 0 Å². The molecule has 1 saturated carbocycles. The number of hydrogen-bond donors (Lipinski definition) is 2. The van der Waals surface area contributed by atoms with Crippen molar-refractivity contribution in [1.82, 2.24) is 5.32 Å². The highest BCUT2D eigenvalue weighted by Crippen LogP contribution is 2.54. The molecule has 0 aliphatic heterocycles. The molecule has 4 nitrogen and oxygen atoms in total. The highest BCUT2D eigenvalue weighted by atomic mass is 79.9. The molecule has 0 heterocycles. The molecule has 0 bridgehead atoms. The number of amides is 2. The molecule has 0 saturated heterocycles. The van der Waals surface area contributed by atoms with Gasteiger partial charge in [0, 0.05) is 29.5 Å². The Hall–Kier alpha value is -1.36. The molecule has 132 valence electrons. The van der Waals surface area contributed by atoms with E-state index in [9.17, 15) is 9.59 Å². The lowest BCUT2D eigenvalue weighted by atomic mass is 9.83. The average Bonchev–Trinajstić information content (AvgIpc) is 3.28. The zero-order valence-electron chi connectivity index (χ0n) is 14.5. The molecule has 1 fully saturated rings. The van der Waals surface area contributed by atoms with E-state index in [2.05, 4.69) is 33.5 Å². The summed E-state index contributed by atoms with van der Waals surface area (Å²) in [5.41, 5.74) is 1.10. The fraction of sp³-hybridized carbons (Fsp3) is 0.579. The molecule has 1 aromatic rings. The van der Waals surface area contributed by atoms with Crippen LogP contribution in [0.15, 0.2) is 28.7 Å². The van der Waals surface area contributed by atoms with Crippen LogP contribution in [0.1, 0.15) is 52.4 Å². The topological polar surface area (TPSA) is 58.2 Å². The first kappa shape index (κ1) is 19.0. The number of carbonyl (C=O) groups is 2. The molecule has 1 unspecified atom stereocenters. The number of carbonyl (C=O) groups excluding carboxylic acids is 2. The minimum Gasteiger partial charge on any atom is -0.356 e. The fourth-order valence-electron chi connectivity index (χ4n) is 3.07. The number of anilines is 1. The van der Waals surface area contributed by atoms with Crippen LogP contribution in [0.3, 0.4) is 0 Å². The minimum absolute atomic E-state index is 0.0634. The van der Waals surface area contributed by atoms with Crippen molar-refractivity contribution in [2.45, 2.75) is 52.4 Å². The Morgan fingerprint density at radius 1 is 1.21 bits per heavy atom. The minimum atomic E-state index is 0.0634. The fourth-order valence-corrected chi connectivity index (χ4v) is 3.33. The maximum Gasteiger partial charge on any atom is 0.224 e. The van der Waals surface area contributed by atoms with Crippen LogP contribution in [-0.4, -0.2) is 18.4 Å². The monoisotopic (exact) mass is 394 g/mol. The van der Waals surface area contributed by atoms with Gasteiger partial charge in [0.1, 0.15) is 0 Å². The highest BCUT2D eigenvalue weighted by Gasteiger charge is 2.44. The van der Waals surface area contributed by atoms with E-state index < -0.39 is 0 Å². The zero-order valence-corrected chi connectivity index (χ0v) is 16.1. The summed E-state index contributed by atoms with van der Waals surface area (Å²) in [6.07, 6.45) is 5.23. The van der Waals surface area contributed by atoms with Gasteiger partial charge in [0.05, 0.1) is 0 Å². The van der Waals surface area contributed by atoms with Gasteiger partial charge in [-0.25, -0.2) is 0 Å². The Bertz CT molecular complexity index is 567. The average molecular weight is 395 g/mol. The highest BCUT2D eigenvalue weighted by molar-refractivity contribution is 9.10. The number of nitrogens with one attached hydrogen (secondary N) is 2. The number of halogens is 1. The molecule has 1 aromatic carbocycles. The van der Waals surface area contributed by atoms with Crippen molar-refractivity contribution in [3.63, 3.8) is 0 Å². The molecule has 2 amide bonds. The van der Waals surface area contributed by atoms with Crippen LogP contribution in [-0.2, 0) is 9.59 Å². The summed E-state index contributed by atoms with van der Waals surface area (Å²) in [4.78, 5) is 24.0. The molecule has 5 heteroatoms. The molecule has 1 aliphatic carbocycles. The molecular formula is C19H27BrN2O2. The van der Waals surface area contributed by atoms with E-state index in [1.54, 1.807) is 0 Å². The second-order valence-corrected chi connectivity index (χ2v) is 7.87. The SMILES string of the molecule is CCNC(=O)CCCC(CC(=O)Nc1ccc(Br)cc1)C1(C)CC1. The van der Waals surface area contributed by atoms with Crippen molar-refractivity contribution in [2.24, 2.45) is 11.3 Å². The summed E-state index contributed by atoms with van der Waals surface area (Å²) in [6, 6.07) is 7.62. The number of rotatable bonds is 9. The lowest BCUT2D eigenvalue weighted by molar-refractivity contribution is -0.121. The standard InChI is InChI=1S/C19H27BrN2O2/c1-3-21-17(23)6-4-5-14(19(2)11-12-19)13-18(24)22-16-9-7-15(20)8-10-16/h7-10,14H,3-6,11-13H2,1-2H3,(H,21,23)(H,22,24). The number of benzene rings is 1. The van der Waals surface area contributed by atoms with Crippen LogP contribution in [0.2, 0.25) is 0 Å². The predicted molar refractivity (Wildman–Crippen MR) is 101 cm³/mol. The molecule has 1 aliphatic rings. The van der Waals surface area contributed by atoms with E-state index >= 15 is 0 Å². The first-order valence-electron chi connectivity index (χ1n) is 8.75. The maximum absolute atomic E-state index is 12.4. The van der Waals surface area contributed by atoms with Gasteiger partial charge in [-0.3, -0.25) is 9.59 Å². The van der Waals surface area contributed by atoms with Gasteiger partial charge in [-0.2, -0.15) is 0 Å². The first-order valence-corrected chi connectivity index (χ1v) is 9.54. The van der Waals surface area contributed by atoms with Gasteiger partial charge < -0.3 is 10.6 Å². The third-order valence-corrected chi connectivity index (χ3v) is 5.44. The Labute approximate surface area is 152 Å². The van der Waals surface area contributed by atoms with E-state index in [-0.39, 0.29) is 17.2 Å². The van der Waals surface area contributed by atoms with Crippen molar-refractivity contribution in [2.75, 3.05) is 11.9 Å². The number of hydrogen-bond acceptors (Lipinski definition) is 2. The summed E-state index contributed by atoms with van der Waals surface area (Å²) in [6.45, 7) is 4.87. The molecule has 0 aromatic heterocycles. The Morgan fingerprint density at radius 2 is 1.88 bits per heavy atom. The van der Waals surface area contributed by atoms with Crippen molar-refractivity contribution in [3.05, 3.63) is 28.7 Å². The van der Waals surface area contributed by atoms with Crippen molar-refractivity contribution in [1.29, 1.82) is 0 Å². The summed E-state index contributed by atoms with van der Waals surface area (Å²) < 4.78 is 0.995. The first-order chi connectivity index (χ1) is 11.4. The molecule has 0 spiro atoms. The van der Waals surface area contributed by atoms with Crippen molar-refractivity contribution < 1.29 is 9.59 Å². The Morgan fingerprint density at radius 3 is 2.46 bits per heavy atom. The summed E-state index contributed by atoms with van der Waals surface area (Å²) >= 11 is 3.39. The van der Waals surface area contributed by atoms with E-state index in [1.165, 1.54) is 12.8 Å². The van der Waals surface area contributed by atoms with Gasteiger partial charge in [0.2, 0.25) is 11.8 Å². The van der Waals surface area contributed by atoms with Gasteiger partial charge >= 0.3 is 0 Å². The third-order valence-electron chi connectivity index (χ3n) is 4.91. The predicted octanol–water partition coefficient (Wildman–Crippen LogP) is 4.50. The van der Waals surface area contributed by atoms with E-state index in [4.69, 9.17) is 0 Å². The second kappa shape index (κ2) is 8.65. The Kier molecular flexibility index (Phi) is 6.84. The molecule has 2 rings (SSSR count). The smallest absolute Gasteiger partial charge is 0.224 e. The van der Waals surface area contributed by atoms with Crippen LogP contribution in [0.4, 0.5) is 5.69 Å². The molecule has 24 heavy (non-hydrogen) atoms. The van der Waals surface area contributed by atoms with Gasteiger partial charge in [-0.15, -0.1) is 0 Å². The molecular weight excluding hydrogens is 368 g/mol. The van der Waals surface area contributed by atoms with Gasteiger partial charge in [0.25, 0.3) is 0 Å². The molecule has 0 radical (unpaired) electrons. The molecule has 1 atom stereocenters. The lowest BCUT2D eigenvalue weighted by Crippen LogP contribution is -2.24. The van der Waals surface area contributed by atoms with Crippen LogP contribution in [0, 0.1) is 11.3 Å². The summed E-state index contributed by atoms with van der Waals surface area (Å²) in [7, 11) is 0. The zero-order chi connectivity index (χ0) is 17.6. The van der Waals surface area contributed by atoms with Gasteiger partial charge in [-0.05, 0) is 68.2 Å². The van der Waals surface area contributed by atoms with Crippen LogP contribution in [0.25, 0.3) is 0 Å². The second-order valence-electron chi connectivity index (χ2n) is 6.96. The van der Waals surface area contributed by atoms with Crippen LogP contribution < -0.4 is 10.6 Å². The van der Waals surface area contributed by atoms with Crippen molar-refractivity contribution in [3.8, 4) is 0 Å². The van der Waals surface area contributed by atoms with E-state index in [0.717, 1.165) is 23.0 Å². The largest absolute Gasteiger partial charge is 0.356 e. The van der Waals surface area contributed by atoms with Crippen molar-refractivity contribution >= 4 is 33.4 Å². The quantitative estimate of drug-likeness (QED) is 0.647. The summed E-state index contributed by atoms with van der Waals surface area (Å²) in [5, 5.41) is 5.81. The summed E-state index contributed by atoms with van der Waals surface area (Å²) in [5.74, 6) is 0.521. The maximum atomic E-state index is 12.4. The van der Waals surface area contributed by atoms with Crippen LogP contribution in [0.5, 0.6) is 0 Å². The van der Waals surface area contributed by atoms with Gasteiger partial charge in [-0.1, -0.05) is 22.9 Å². The third kappa shape index (κ3) is 5.93. The van der Waals surface area contributed by atoms with Crippen LogP contribution >= 0.6 is 15.9 Å². The van der Waals surface area contributed by atoms with E-state index in [1.807, 2.05) is 31.2 Å². The molecule has 2 N–H and O–H groups in total. The Balaban J connectivity index is 1.83. The van der Waals surface area contributed by atoms with E-state index in [0.29, 0.717) is 25.3 Å². The normalized spacial score (nSPS) is 16.3. The lowest BCUT2D eigenvalue weighted by Gasteiger charge is -2.23.